The van der Waals surface area contributed by atoms with Gasteiger partial charge < -0.3 is 10.6 Å². The van der Waals surface area contributed by atoms with Crippen LogP contribution in [0.25, 0.3) is 21.8 Å². The van der Waals surface area contributed by atoms with Crippen LogP contribution in [0.1, 0.15) is 10.5 Å². The van der Waals surface area contributed by atoms with Gasteiger partial charge in [0.15, 0.2) is 0 Å². The molecule has 8 nitrogen and oxygen atoms in total. The summed E-state index contributed by atoms with van der Waals surface area (Å²) >= 11 is 7.66. The van der Waals surface area contributed by atoms with Crippen molar-refractivity contribution in [1.82, 2.24) is 14.3 Å². The highest BCUT2D eigenvalue weighted by Gasteiger charge is 2.25. The molecule has 3 heterocycles. The fraction of sp³-hybridized carbons (Fsp3) is 0.250. The first-order chi connectivity index (χ1) is 14.7. The molecule has 11 heteroatoms. The number of rotatable bonds is 5. The van der Waals surface area contributed by atoms with E-state index in [1.807, 2.05) is 34.5 Å². The highest BCUT2D eigenvalue weighted by molar-refractivity contribution is 7.88. The summed E-state index contributed by atoms with van der Waals surface area (Å²) in [5, 5.41) is 3.07. The van der Waals surface area contributed by atoms with Crippen LogP contribution < -0.4 is 10.6 Å². The first-order valence-electron chi connectivity index (χ1n) is 9.45. The van der Waals surface area contributed by atoms with Gasteiger partial charge in [-0.15, -0.1) is 11.3 Å². The van der Waals surface area contributed by atoms with Crippen LogP contribution in [-0.4, -0.2) is 61.0 Å². The molecule has 1 amide bonds. The van der Waals surface area contributed by atoms with E-state index >= 15 is 0 Å². The maximum atomic E-state index is 12.0. The van der Waals surface area contributed by atoms with E-state index in [0.717, 1.165) is 11.3 Å². The van der Waals surface area contributed by atoms with E-state index in [-0.39, 0.29) is 5.69 Å². The van der Waals surface area contributed by atoms with Gasteiger partial charge in [0.25, 0.3) is 5.91 Å². The van der Waals surface area contributed by atoms with Gasteiger partial charge in [0.05, 0.1) is 23.8 Å². The molecule has 0 radical (unpaired) electrons. The van der Waals surface area contributed by atoms with Gasteiger partial charge in [-0.25, -0.2) is 18.4 Å². The number of carbonyl (C=O) groups excluding carboxylic acids is 1. The topological polar surface area (TPSA) is 109 Å². The number of pyridine rings is 1. The van der Waals surface area contributed by atoms with Crippen LogP contribution in [0.2, 0.25) is 5.02 Å². The van der Waals surface area contributed by atoms with Crippen molar-refractivity contribution in [2.24, 2.45) is 5.73 Å². The summed E-state index contributed by atoms with van der Waals surface area (Å²) < 4.78 is 25.0. The molecule has 1 fully saturated rings. The van der Waals surface area contributed by atoms with Gasteiger partial charge in [0.2, 0.25) is 10.0 Å². The van der Waals surface area contributed by atoms with Crippen LogP contribution in [0.3, 0.4) is 0 Å². The van der Waals surface area contributed by atoms with Crippen molar-refractivity contribution in [3.63, 3.8) is 0 Å². The summed E-state index contributed by atoms with van der Waals surface area (Å²) in [5.41, 5.74) is 8.52. The quantitative estimate of drug-likeness (QED) is 0.605. The Hall–Kier alpha value is -2.53. The minimum Gasteiger partial charge on any atom is -0.368 e. The van der Waals surface area contributed by atoms with Crippen LogP contribution in [0.5, 0.6) is 0 Å². The lowest BCUT2D eigenvalue weighted by Crippen LogP contribution is -2.48. The first-order valence-corrected chi connectivity index (χ1v) is 12.6. The third-order valence-electron chi connectivity index (χ3n) is 5.06. The van der Waals surface area contributed by atoms with Gasteiger partial charge in [-0.1, -0.05) is 29.8 Å². The number of amides is 1. The van der Waals surface area contributed by atoms with Crippen LogP contribution in [-0.2, 0) is 10.0 Å². The molecule has 0 saturated carbocycles. The number of primary amides is 1. The maximum absolute atomic E-state index is 12.0. The molecule has 0 unspecified atom stereocenters. The highest BCUT2D eigenvalue weighted by Crippen LogP contribution is 2.35. The Labute approximate surface area is 189 Å². The van der Waals surface area contributed by atoms with Crippen molar-refractivity contribution >= 4 is 44.6 Å². The van der Waals surface area contributed by atoms with Gasteiger partial charge in [-0.2, -0.15) is 4.31 Å². The maximum Gasteiger partial charge on any atom is 0.268 e. The minimum absolute atomic E-state index is 0.138. The fourth-order valence-electron chi connectivity index (χ4n) is 3.45. The summed E-state index contributed by atoms with van der Waals surface area (Å²) in [4.78, 5) is 23.0. The molecule has 1 aromatic carbocycles. The van der Waals surface area contributed by atoms with E-state index in [4.69, 9.17) is 17.3 Å². The molecule has 2 aromatic heterocycles. The zero-order valence-electron chi connectivity index (χ0n) is 16.7. The number of hydrogen-bond acceptors (Lipinski definition) is 7. The lowest BCUT2D eigenvalue weighted by Gasteiger charge is -2.34. The third kappa shape index (κ3) is 4.57. The molecular formula is C20H20ClN5O3S2. The molecule has 0 atom stereocenters. The van der Waals surface area contributed by atoms with Crippen molar-refractivity contribution in [3.05, 3.63) is 52.6 Å². The second-order valence-corrected chi connectivity index (χ2v) is 10.4. The van der Waals surface area contributed by atoms with Gasteiger partial charge in [-0.3, -0.25) is 4.79 Å². The van der Waals surface area contributed by atoms with E-state index < -0.39 is 15.9 Å². The fourth-order valence-corrected chi connectivity index (χ4v) is 5.35. The second-order valence-electron chi connectivity index (χ2n) is 7.12. The van der Waals surface area contributed by atoms with E-state index in [9.17, 15) is 13.2 Å². The molecule has 4 rings (SSSR count). The zero-order chi connectivity index (χ0) is 22.2. The number of anilines is 1. The predicted molar refractivity (Wildman–Crippen MR) is 123 cm³/mol. The molecule has 1 aliphatic heterocycles. The molecule has 31 heavy (non-hydrogen) atoms. The number of nitrogens with zero attached hydrogens (tertiary/aromatic N) is 4. The highest BCUT2D eigenvalue weighted by atomic mass is 35.5. The van der Waals surface area contributed by atoms with Gasteiger partial charge in [-0.05, 0) is 12.1 Å². The van der Waals surface area contributed by atoms with Crippen molar-refractivity contribution < 1.29 is 13.2 Å². The van der Waals surface area contributed by atoms with Gasteiger partial charge >= 0.3 is 0 Å². The Bertz CT molecular complexity index is 1240. The standard InChI is InChI=1S/C20H20ClN5O3S2/c1-31(28,29)26-8-6-25(7-9-26)13-10-15(18(19(22)27)23-11-13)20-24-17(12-30-20)14-4-2-3-5-16(14)21/h2-5,10-12H,6-9H2,1H3,(H2,22,27). The summed E-state index contributed by atoms with van der Waals surface area (Å²) in [5.74, 6) is -0.641. The lowest BCUT2D eigenvalue weighted by atomic mass is 10.1. The first kappa shape index (κ1) is 21.7. The molecule has 2 N–H and O–H groups in total. The average Bonchev–Trinajstić information content (AvgIpc) is 3.23. The number of sulfonamides is 1. The van der Waals surface area contributed by atoms with Crippen molar-refractivity contribution in [2.75, 3.05) is 37.3 Å². The van der Waals surface area contributed by atoms with Crippen molar-refractivity contribution in [3.8, 4) is 21.8 Å². The van der Waals surface area contributed by atoms with Crippen LogP contribution in [0.15, 0.2) is 41.9 Å². The Balaban J connectivity index is 1.67. The average molecular weight is 478 g/mol. The number of thiazole rings is 1. The number of aromatic nitrogens is 2. The van der Waals surface area contributed by atoms with E-state index in [2.05, 4.69) is 9.97 Å². The van der Waals surface area contributed by atoms with Crippen LogP contribution in [0, 0.1) is 0 Å². The molecular weight excluding hydrogens is 458 g/mol. The van der Waals surface area contributed by atoms with Crippen LogP contribution in [0.4, 0.5) is 5.69 Å². The summed E-state index contributed by atoms with van der Waals surface area (Å²) in [6.45, 7) is 1.82. The zero-order valence-corrected chi connectivity index (χ0v) is 19.0. The van der Waals surface area contributed by atoms with Gasteiger partial charge in [0, 0.05) is 47.7 Å². The molecule has 1 aliphatic rings. The number of piperazine rings is 1. The Morgan fingerprint density at radius 2 is 1.87 bits per heavy atom. The van der Waals surface area contributed by atoms with Crippen molar-refractivity contribution in [1.29, 1.82) is 0 Å². The molecule has 1 saturated heterocycles. The Morgan fingerprint density at radius 3 is 2.52 bits per heavy atom. The third-order valence-corrected chi connectivity index (χ3v) is 7.57. The Kier molecular flexibility index (Phi) is 5.98. The number of benzene rings is 1. The summed E-state index contributed by atoms with van der Waals surface area (Å²) in [6.07, 6.45) is 2.80. The SMILES string of the molecule is CS(=O)(=O)N1CCN(c2cnc(C(N)=O)c(-c3nc(-c4ccccc4Cl)cs3)c2)CC1. The minimum atomic E-state index is -3.22. The number of hydrogen-bond donors (Lipinski definition) is 1. The molecule has 0 spiro atoms. The number of nitrogens with two attached hydrogens (primary N) is 1. The Morgan fingerprint density at radius 1 is 1.16 bits per heavy atom. The molecule has 162 valence electrons. The molecule has 0 bridgehead atoms. The van der Waals surface area contributed by atoms with E-state index in [1.165, 1.54) is 21.9 Å². The van der Waals surface area contributed by atoms with E-state index in [1.54, 1.807) is 12.3 Å². The van der Waals surface area contributed by atoms with Gasteiger partial charge in [0.1, 0.15) is 10.7 Å². The molecule has 3 aromatic rings. The molecule has 0 aliphatic carbocycles. The van der Waals surface area contributed by atoms with Crippen LogP contribution >= 0.6 is 22.9 Å². The van der Waals surface area contributed by atoms with E-state index in [0.29, 0.717) is 47.5 Å². The monoisotopic (exact) mass is 477 g/mol. The smallest absolute Gasteiger partial charge is 0.268 e. The second kappa shape index (κ2) is 8.54. The summed E-state index contributed by atoms with van der Waals surface area (Å²) in [7, 11) is -3.22. The van der Waals surface area contributed by atoms with Crippen molar-refractivity contribution in [2.45, 2.75) is 0 Å². The number of carbonyl (C=O) groups is 1. The summed E-state index contributed by atoms with van der Waals surface area (Å²) in [6, 6.07) is 9.24. The lowest BCUT2D eigenvalue weighted by molar-refractivity contribution is 0.0996. The largest absolute Gasteiger partial charge is 0.368 e. The number of halogens is 1. The normalized spacial score (nSPS) is 15.2. The predicted octanol–water partition coefficient (Wildman–Crippen LogP) is 2.71.